The van der Waals surface area contributed by atoms with Gasteiger partial charge in [0.2, 0.25) is 5.91 Å². The van der Waals surface area contributed by atoms with Crippen LogP contribution in [-0.4, -0.2) is 39.1 Å². The molecule has 0 saturated heterocycles. The minimum absolute atomic E-state index is 0.0399. The molecule has 148 valence electrons. The molecular weight excluding hydrogens is 384 g/mol. The van der Waals surface area contributed by atoms with E-state index in [9.17, 15) is 4.79 Å². The Hall–Kier alpha value is -3.06. The number of amides is 1. The highest BCUT2D eigenvalue weighted by Crippen LogP contribution is 2.38. The van der Waals surface area contributed by atoms with Crippen molar-refractivity contribution in [2.24, 2.45) is 0 Å². The molecule has 0 aliphatic rings. The summed E-state index contributed by atoms with van der Waals surface area (Å²) in [4.78, 5) is 18.2. The fraction of sp³-hybridized carbons (Fsp3) is 0.227. The minimum Gasteiger partial charge on any atom is -0.411 e. The topological polar surface area (TPSA) is 75.0 Å². The molecule has 1 N–H and O–H groups in total. The van der Waals surface area contributed by atoms with Gasteiger partial charge in [0.05, 0.1) is 5.56 Å². The Bertz CT molecular complexity index is 1100. The number of thioether (sulfide) groups is 1. The molecule has 4 rings (SSSR count). The number of para-hydroxylation sites is 1. The standard InChI is InChI=1S/C22H22N4O2S/c1-3-26(4-2)21(27)19(15-10-6-5-7-11-15)29-22-25-24-20(28-22)17-14-23-18-13-9-8-12-16(17)18/h5-14,19,23H,3-4H2,1-2H3/t19-/m1/s1. The highest BCUT2D eigenvalue weighted by atomic mass is 32.2. The Morgan fingerprint density at radius 3 is 2.55 bits per heavy atom. The third kappa shape index (κ3) is 3.91. The normalized spacial score (nSPS) is 12.2. The van der Waals surface area contributed by atoms with E-state index in [1.54, 1.807) is 0 Å². The van der Waals surface area contributed by atoms with Crippen LogP contribution in [0.2, 0.25) is 0 Å². The average molecular weight is 407 g/mol. The molecular formula is C22H22N4O2S. The van der Waals surface area contributed by atoms with Crippen LogP contribution in [-0.2, 0) is 4.79 Å². The van der Waals surface area contributed by atoms with Crippen molar-refractivity contribution in [2.75, 3.05) is 13.1 Å². The van der Waals surface area contributed by atoms with Gasteiger partial charge in [-0.2, -0.15) is 0 Å². The third-order valence-corrected chi connectivity index (χ3v) is 5.92. The van der Waals surface area contributed by atoms with Gasteiger partial charge in [-0.3, -0.25) is 4.79 Å². The van der Waals surface area contributed by atoms with Gasteiger partial charge in [-0.1, -0.05) is 48.5 Å². The Balaban J connectivity index is 1.64. The highest BCUT2D eigenvalue weighted by Gasteiger charge is 2.28. The number of aromatic nitrogens is 3. The van der Waals surface area contributed by atoms with E-state index >= 15 is 0 Å². The Kier molecular flexibility index (Phi) is 5.67. The molecule has 0 radical (unpaired) electrons. The lowest BCUT2D eigenvalue weighted by atomic mass is 10.1. The molecule has 0 unspecified atom stereocenters. The van der Waals surface area contributed by atoms with Crippen molar-refractivity contribution < 1.29 is 9.21 Å². The number of nitrogens with one attached hydrogen (secondary N) is 1. The Labute approximate surface area is 173 Å². The summed E-state index contributed by atoms with van der Waals surface area (Å²) in [6, 6.07) is 17.7. The minimum atomic E-state index is -0.438. The number of carbonyl (C=O) groups is 1. The van der Waals surface area contributed by atoms with E-state index in [4.69, 9.17) is 4.42 Å². The molecule has 0 bridgehead atoms. The van der Waals surface area contributed by atoms with E-state index in [1.165, 1.54) is 11.8 Å². The van der Waals surface area contributed by atoms with E-state index in [1.807, 2.05) is 79.5 Å². The van der Waals surface area contributed by atoms with Gasteiger partial charge in [-0.15, -0.1) is 10.2 Å². The summed E-state index contributed by atoms with van der Waals surface area (Å²) in [7, 11) is 0. The number of aromatic amines is 1. The zero-order valence-corrected chi connectivity index (χ0v) is 17.1. The molecule has 2 aromatic carbocycles. The fourth-order valence-corrected chi connectivity index (χ4v) is 4.27. The molecule has 4 aromatic rings. The molecule has 2 aromatic heterocycles. The van der Waals surface area contributed by atoms with Gasteiger partial charge in [0.15, 0.2) is 0 Å². The summed E-state index contributed by atoms with van der Waals surface area (Å²) >= 11 is 1.29. The van der Waals surface area contributed by atoms with E-state index in [-0.39, 0.29) is 5.91 Å². The number of H-pyrrole nitrogens is 1. The van der Waals surface area contributed by atoms with Crippen LogP contribution in [0.5, 0.6) is 0 Å². The zero-order valence-electron chi connectivity index (χ0n) is 16.3. The average Bonchev–Trinajstić information content (AvgIpc) is 3.40. The highest BCUT2D eigenvalue weighted by molar-refractivity contribution is 8.00. The Morgan fingerprint density at radius 2 is 1.79 bits per heavy atom. The molecule has 0 spiro atoms. The number of hydrogen-bond donors (Lipinski definition) is 1. The second-order valence-electron chi connectivity index (χ2n) is 6.54. The first-order valence-corrected chi connectivity index (χ1v) is 10.5. The van der Waals surface area contributed by atoms with Crippen LogP contribution in [0.3, 0.4) is 0 Å². The lowest BCUT2D eigenvalue weighted by Crippen LogP contribution is -2.33. The molecule has 1 amide bonds. The maximum Gasteiger partial charge on any atom is 0.277 e. The molecule has 0 aliphatic heterocycles. The number of rotatable bonds is 7. The van der Waals surface area contributed by atoms with E-state index in [0.717, 1.165) is 22.0 Å². The van der Waals surface area contributed by atoms with Crippen LogP contribution in [0, 0.1) is 0 Å². The van der Waals surface area contributed by atoms with Gasteiger partial charge in [-0.05, 0) is 37.2 Å². The van der Waals surface area contributed by atoms with Crippen molar-refractivity contribution in [3.8, 4) is 11.5 Å². The second kappa shape index (κ2) is 8.53. The van der Waals surface area contributed by atoms with Gasteiger partial charge in [0.25, 0.3) is 11.1 Å². The molecule has 29 heavy (non-hydrogen) atoms. The SMILES string of the molecule is CCN(CC)C(=O)[C@H](Sc1nnc(-c2c[nH]c3ccccc23)o1)c1ccccc1. The largest absolute Gasteiger partial charge is 0.411 e. The second-order valence-corrected chi connectivity index (χ2v) is 7.60. The van der Waals surface area contributed by atoms with E-state index < -0.39 is 5.25 Å². The number of hydrogen-bond acceptors (Lipinski definition) is 5. The van der Waals surface area contributed by atoms with Crippen LogP contribution in [0.25, 0.3) is 22.4 Å². The monoisotopic (exact) mass is 406 g/mol. The molecule has 0 fully saturated rings. The number of fused-ring (bicyclic) bond motifs is 1. The van der Waals surface area contributed by atoms with Crippen molar-refractivity contribution in [2.45, 2.75) is 24.3 Å². The molecule has 6 nitrogen and oxygen atoms in total. The van der Waals surface area contributed by atoms with Crippen molar-refractivity contribution in [3.63, 3.8) is 0 Å². The third-order valence-electron chi connectivity index (χ3n) is 4.85. The summed E-state index contributed by atoms with van der Waals surface area (Å²) < 4.78 is 5.94. The molecule has 0 saturated carbocycles. The predicted molar refractivity (Wildman–Crippen MR) is 115 cm³/mol. The smallest absolute Gasteiger partial charge is 0.277 e. The molecule has 1 atom stereocenters. The molecule has 7 heteroatoms. The van der Waals surface area contributed by atoms with Crippen LogP contribution in [0.1, 0.15) is 24.7 Å². The number of benzene rings is 2. The number of carbonyl (C=O) groups excluding carboxylic acids is 1. The van der Waals surface area contributed by atoms with Gasteiger partial charge in [0, 0.05) is 30.2 Å². The van der Waals surface area contributed by atoms with Gasteiger partial charge < -0.3 is 14.3 Å². The zero-order chi connectivity index (χ0) is 20.2. The van der Waals surface area contributed by atoms with Crippen molar-refractivity contribution in [1.82, 2.24) is 20.1 Å². The van der Waals surface area contributed by atoms with Crippen molar-refractivity contribution in [3.05, 3.63) is 66.4 Å². The van der Waals surface area contributed by atoms with Crippen LogP contribution < -0.4 is 0 Å². The van der Waals surface area contributed by atoms with Gasteiger partial charge in [-0.25, -0.2) is 0 Å². The summed E-state index contributed by atoms with van der Waals surface area (Å²) in [5.74, 6) is 0.477. The summed E-state index contributed by atoms with van der Waals surface area (Å²) in [6.07, 6.45) is 1.86. The van der Waals surface area contributed by atoms with Crippen LogP contribution in [0.4, 0.5) is 0 Å². The molecule has 0 aliphatic carbocycles. The van der Waals surface area contributed by atoms with Crippen molar-refractivity contribution in [1.29, 1.82) is 0 Å². The maximum absolute atomic E-state index is 13.1. The molecule has 2 heterocycles. The van der Waals surface area contributed by atoms with Crippen molar-refractivity contribution >= 4 is 28.6 Å². The summed E-state index contributed by atoms with van der Waals surface area (Å²) in [5, 5.41) is 9.37. The predicted octanol–water partition coefficient (Wildman–Crippen LogP) is 4.92. The quantitative estimate of drug-likeness (QED) is 0.441. The van der Waals surface area contributed by atoms with Gasteiger partial charge in [0.1, 0.15) is 5.25 Å². The van der Waals surface area contributed by atoms with Gasteiger partial charge >= 0.3 is 0 Å². The first-order valence-electron chi connectivity index (χ1n) is 9.61. The first kappa shape index (κ1) is 19.3. The van der Waals surface area contributed by atoms with Crippen LogP contribution >= 0.6 is 11.8 Å². The van der Waals surface area contributed by atoms with Crippen LogP contribution in [0.15, 0.2) is 70.4 Å². The summed E-state index contributed by atoms with van der Waals surface area (Å²) in [5.41, 5.74) is 2.78. The maximum atomic E-state index is 13.1. The van der Waals surface area contributed by atoms with E-state index in [2.05, 4.69) is 15.2 Å². The Morgan fingerprint density at radius 1 is 1.07 bits per heavy atom. The fourth-order valence-electron chi connectivity index (χ4n) is 3.31. The lowest BCUT2D eigenvalue weighted by Gasteiger charge is -2.24. The first-order chi connectivity index (χ1) is 14.2. The lowest BCUT2D eigenvalue weighted by molar-refractivity contribution is -0.130. The summed E-state index contributed by atoms with van der Waals surface area (Å²) in [6.45, 7) is 5.28. The number of likely N-dealkylation sites (N-methyl/N-ethyl adjacent to an activating group) is 1. The van der Waals surface area contributed by atoms with E-state index in [0.29, 0.717) is 24.2 Å². The number of nitrogens with zero attached hydrogens (tertiary/aromatic N) is 3.